The van der Waals surface area contributed by atoms with E-state index in [1.165, 1.54) is 30.0 Å². The van der Waals surface area contributed by atoms with E-state index in [0.29, 0.717) is 22.1 Å². The molecule has 1 aromatic carbocycles. The summed E-state index contributed by atoms with van der Waals surface area (Å²) in [6.07, 6.45) is 1.55. The third kappa shape index (κ3) is 2.86. The number of hydrogen-bond acceptors (Lipinski definition) is 4. The third-order valence-electron chi connectivity index (χ3n) is 2.12. The summed E-state index contributed by atoms with van der Waals surface area (Å²) in [5, 5.41) is 9.24. The zero-order valence-electron chi connectivity index (χ0n) is 9.11. The first kappa shape index (κ1) is 11.7. The van der Waals surface area contributed by atoms with Crippen LogP contribution in [-0.2, 0) is 5.75 Å². The molecule has 0 unspecified atom stereocenters. The lowest BCUT2D eigenvalue weighted by molar-refractivity contribution is 0.454. The lowest BCUT2D eigenvalue weighted by Crippen LogP contribution is -1.89. The summed E-state index contributed by atoms with van der Waals surface area (Å²) >= 11 is 1.30. The van der Waals surface area contributed by atoms with Crippen LogP contribution in [0.4, 0.5) is 4.39 Å². The fourth-order valence-corrected chi connectivity index (χ4v) is 2.12. The minimum absolute atomic E-state index is 0.320. The van der Waals surface area contributed by atoms with Crippen molar-refractivity contribution in [2.45, 2.75) is 17.9 Å². The molecular formula is C12H9FN2OS. The second-order valence-electron chi connectivity index (χ2n) is 3.46. The number of rotatable bonds is 3. The van der Waals surface area contributed by atoms with Crippen molar-refractivity contribution in [3.05, 3.63) is 47.1 Å². The van der Waals surface area contributed by atoms with Gasteiger partial charge >= 0.3 is 0 Å². The van der Waals surface area contributed by atoms with Crippen molar-refractivity contribution >= 4 is 11.8 Å². The van der Waals surface area contributed by atoms with Crippen molar-refractivity contribution in [1.29, 1.82) is 5.26 Å². The van der Waals surface area contributed by atoms with Crippen LogP contribution in [0.1, 0.15) is 16.8 Å². The molecule has 0 spiro atoms. The second-order valence-corrected chi connectivity index (χ2v) is 4.39. The van der Waals surface area contributed by atoms with Crippen molar-refractivity contribution in [3.8, 4) is 6.07 Å². The highest BCUT2D eigenvalue weighted by atomic mass is 32.2. The zero-order valence-corrected chi connectivity index (χ0v) is 9.92. The van der Waals surface area contributed by atoms with Crippen molar-refractivity contribution in [2.24, 2.45) is 0 Å². The van der Waals surface area contributed by atoms with Gasteiger partial charge in [0.05, 0.1) is 17.3 Å². The SMILES string of the molecule is Cc1coc(SCc2cc(C#N)ccc2F)n1. The van der Waals surface area contributed by atoms with Gasteiger partial charge in [-0.15, -0.1) is 0 Å². The minimum Gasteiger partial charge on any atom is -0.440 e. The van der Waals surface area contributed by atoms with Gasteiger partial charge in [-0.25, -0.2) is 9.37 Å². The first-order valence-electron chi connectivity index (χ1n) is 4.92. The first-order chi connectivity index (χ1) is 8.19. The number of aromatic nitrogens is 1. The Kier molecular flexibility index (Phi) is 3.45. The molecule has 5 heteroatoms. The number of hydrogen-bond donors (Lipinski definition) is 0. The first-order valence-corrected chi connectivity index (χ1v) is 5.91. The molecule has 17 heavy (non-hydrogen) atoms. The van der Waals surface area contributed by atoms with Crippen LogP contribution in [0.2, 0.25) is 0 Å². The van der Waals surface area contributed by atoms with Gasteiger partial charge in [0.15, 0.2) is 0 Å². The van der Waals surface area contributed by atoms with Gasteiger partial charge in [-0.1, -0.05) is 11.8 Å². The maximum Gasteiger partial charge on any atom is 0.256 e. The Labute approximate surface area is 102 Å². The van der Waals surface area contributed by atoms with Crippen LogP contribution >= 0.6 is 11.8 Å². The number of thioether (sulfide) groups is 1. The monoisotopic (exact) mass is 248 g/mol. The van der Waals surface area contributed by atoms with Gasteiger partial charge in [0.2, 0.25) is 0 Å². The van der Waals surface area contributed by atoms with E-state index in [1.807, 2.05) is 13.0 Å². The predicted molar refractivity (Wildman–Crippen MR) is 61.9 cm³/mol. The standard InChI is InChI=1S/C12H9FN2OS/c1-8-6-16-12(15-8)17-7-10-4-9(5-14)2-3-11(10)13/h2-4,6H,7H2,1H3. The number of aryl methyl sites for hydroxylation is 1. The molecule has 0 fully saturated rings. The molecule has 0 radical (unpaired) electrons. The van der Waals surface area contributed by atoms with Gasteiger partial charge in [-0.3, -0.25) is 0 Å². The molecule has 2 aromatic rings. The number of nitrogens with zero attached hydrogens (tertiary/aromatic N) is 2. The van der Waals surface area contributed by atoms with Crippen molar-refractivity contribution in [3.63, 3.8) is 0 Å². The summed E-state index contributed by atoms with van der Waals surface area (Å²) in [6, 6.07) is 6.28. The molecular weight excluding hydrogens is 239 g/mol. The molecule has 3 nitrogen and oxygen atoms in total. The predicted octanol–water partition coefficient (Wildman–Crippen LogP) is 3.29. The molecule has 0 atom stereocenters. The molecule has 0 amide bonds. The highest BCUT2D eigenvalue weighted by molar-refractivity contribution is 7.98. The maximum atomic E-state index is 13.4. The van der Waals surface area contributed by atoms with Gasteiger partial charge in [-0.05, 0) is 30.7 Å². The van der Waals surface area contributed by atoms with Crippen molar-refractivity contribution in [2.75, 3.05) is 0 Å². The molecule has 0 aliphatic rings. The molecule has 86 valence electrons. The Bertz CT molecular complexity index is 574. The number of benzene rings is 1. The summed E-state index contributed by atoms with van der Waals surface area (Å²) in [7, 11) is 0. The number of nitriles is 1. The van der Waals surface area contributed by atoms with E-state index in [-0.39, 0.29) is 5.82 Å². The minimum atomic E-state index is -0.320. The van der Waals surface area contributed by atoms with Crippen molar-refractivity contribution in [1.82, 2.24) is 4.98 Å². The Hall–Kier alpha value is -1.80. The fraction of sp³-hybridized carbons (Fsp3) is 0.167. The summed E-state index contributed by atoms with van der Waals surface area (Å²) in [6.45, 7) is 1.82. The van der Waals surface area contributed by atoms with Crippen LogP contribution in [0.5, 0.6) is 0 Å². The quantitative estimate of drug-likeness (QED) is 0.782. The van der Waals surface area contributed by atoms with Gasteiger partial charge in [0.1, 0.15) is 12.1 Å². The van der Waals surface area contributed by atoms with E-state index in [1.54, 1.807) is 6.26 Å². The molecule has 0 aliphatic heterocycles. The van der Waals surface area contributed by atoms with Gasteiger partial charge in [0.25, 0.3) is 5.22 Å². The van der Waals surface area contributed by atoms with Crippen LogP contribution in [0.25, 0.3) is 0 Å². The van der Waals surface area contributed by atoms with E-state index in [9.17, 15) is 4.39 Å². The highest BCUT2D eigenvalue weighted by Gasteiger charge is 2.07. The van der Waals surface area contributed by atoms with E-state index >= 15 is 0 Å². The topological polar surface area (TPSA) is 49.8 Å². The van der Waals surface area contributed by atoms with E-state index < -0.39 is 0 Å². The Morgan fingerprint density at radius 2 is 2.35 bits per heavy atom. The van der Waals surface area contributed by atoms with E-state index in [4.69, 9.17) is 9.68 Å². The van der Waals surface area contributed by atoms with Gasteiger partial charge in [-0.2, -0.15) is 5.26 Å². The molecule has 2 rings (SSSR count). The van der Waals surface area contributed by atoms with Crippen LogP contribution in [0.3, 0.4) is 0 Å². The molecule has 0 saturated heterocycles. The Morgan fingerprint density at radius 3 is 3.00 bits per heavy atom. The largest absolute Gasteiger partial charge is 0.440 e. The van der Waals surface area contributed by atoms with E-state index in [2.05, 4.69) is 4.98 Å². The molecule has 0 saturated carbocycles. The fourth-order valence-electron chi connectivity index (χ4n) is 1.29. The average molecular weight is 248 g/mol. The average Bonchev–Trinajstić information content (AvgIpc) is 2.74. The maximum absolute atomic E-state index is 13.4. The molecule has 1 heterocycles. The lowest BCUT2D eigenvalue weighted by atomic mass is 10.1. The number of halogens is 1. The Morgan fingerprint density at radius 1 is 1.53 bits per heavy atom. The molecule has 0 N–H and O–H groups in total. The summed E-state index contributed by atoms with van der Waals surface area (Å²) in [5.74, 6) is 0.0705. The third-order valence-corrected chi connectivity index (χ3v) is 3.01. The highest BCUT2D eigenvalue weighted by Crippen LogP contribution is 2.23. The Balaban J connectivity index is 2.11. The van der Waals surface area contributed by atoms with E-state index in [0.717, 1.165) is 5.69 Å². The molecule has 0 aliphatic carbocycles. The lowest BCUT2D eigenvalue weighted by Gasteiger charge is -2.01. The zero-order chi connectivity index (χ0) is 12.3. The van der Waals surface area contributed by atoms with Crippen LogP contribution in [-0.4, -0.2) is 4.98 Å². The number of oxazole rings is 1. The summed E-state index contributed by atoms with van der Waals surface area (Å²) < 4.78 is 18.6. The second kappa shape index (κ2) is 5.02. The van der Waals surface area contributed by atoms with Crippen LogP contribution in [0.15, 0.2) is 34.1 Å². The van der Waals surface area contributed by atoms with Crippen molar-refractivity contribution < 1.29 is 8.81 Å². The normalized spacial score (nSPS) is 10.2. The smallest absolute Gasteiger partial charge is 0.256 e. The van der Waals surface area contributed by atoms with Gasteiger partial charge < -0.3 is 4.42 Å². The summed E-state index contributed by atoms with van der Waals surface area (Å²) in [4.78, 5) is 4.11. The summed E-state index contributed by atoms with van der Waals surface area (Å²) in [5.41, 5.74) is 1.72. The van der Waals surface area contributed by atoms with Gasteiger partial charge in [0, 0.05) is 5.75 Å². The molecule has 0 bridgehead atoms. The molecule has 1 aromatic heterocycles. The van der Waals surface area contributed by atoms with Crippen LogP contribution < -0.4 is 0 Å². The van der Waals surface area contributed by atoms with Crippen LogP contribution in [0, 0.1) is 24.1 Å².